The van der Waals surface area contributed by atoms with Gasteiger partial charge in [-0.15, -0.1) is 0 Å². The molecular weight excluding hydrogens is 617 g/mol. The second kappa shape index (κ2) is 11.3. The number of fused-ring (bicyclic) bond motifs is 8. The van der Waals surface area contributed by atoms with E-state index in [9.17, 15) is 0 Å². The number of para-hydroxylation sites is 3. The Morgan fingerprint density at radius 2 is 0.961 bits per heavy atom. The third-order valence-electron chi connectivity index (χ3n) is 11.0. The first-order valence-electron chi connectivity index (χ1n) is 17.8. The first kappa shape index (κ1) is 29.5. The van der Waals surface area contributed by atoms with Crippen LogP contribution in [0, 0.1) is 0 Å². The molecular formula is C49H36N2. The standard InChI is InChI=1S/C49H36N2/c1-49(2)43-31-37(51-45-23-13-11-19-38(45)39-20-12-14-24-46(39)51)29-30-42(43)48-41-22-10-9-21-40(41)47(32-44(48)49)50(35-17-7-4-8-18-35)36-27-25-34(26-28-36)33-15-5-3-6-16-33/h3-32H,1-2H3. The lowest BCUT2D eigenvalue weighted by Gasteiger charge is -2.30. The van der Waals surface area contributed by atoms with Gasteiger partial charge in [0.05, 0.1) is 16.7 Å². The zero-order valence-corrected chi connectivity index (χ0v) is 28.7. The Labute approximate surface area is 298 Å². The molecule has 0 amide bonds. The largest absolute Gasteiger partial charge is 0.310 e. The fraction of sp³-hybridized carbons (Fsp3) is 0.0612. The van der Waals surface area contributed by atoms with Crippen LogP contribution in [0.3, 0.4) is 0 Å². The van der Waals surface area contributed by atoms with Crippen LogP contribution in [0.2, 0.25) is 0 Å². The van der Waals surface area contributed by atoms with Gasteiger partial charge < -0.3 is 9.47 Å². The summed E-state index contributed by atoms with van der Waals surface area (Å²) in [5.74, 6) is 0. The maximum Gasteiger partial charge on any atom is 0.0543 e. The second-order valence-electron chi connectivity index (χ2n) is 14.2. The molecule has 0 bridgehead atoms. The summed E-state index contributed by atoms with van der Waals surface area (Å²) in [5, 5.41) is 5.08. The van der Waals surface area contributed by atoms with E-state index in [4.69, 9.17) is 0 Å². The molecule has 0 unspecified atom stereocenters. The summed E-state index contributed by atoms with van der Waals surface area (Å²) in [4.78, 5) is 2.43. The van der Waals surface area contributed by atoms with Crippen molar-refractivity contribution in [1.29, 1.82) is 0 Å². The predicted molar refractivity (Wildman–Crippen MR) is 216 cm³/mol. The normalized spacial score (nSPS) is 13.1. The highest BCUT2D eigenvalue weighted by atomic mass is 15.1. The molecule has 2 nitrogen and oxygen atoms in total. The smallest absolute Gasteiger partial charge is 0.0543 e. The van der Waals surface area contributed by atoms with Crippen molar-refractivity contribution in [2.75, 3.05) is 4.90 Å². The van der Waals surface area contributed by atoms with Crippen molar-refractivity contribution in [1.82, 2.24) is 4.57 Å². The zero-order chi connectivity index (χ0) is 34.1. The number of aromatic nitrogens is 1. The summed E-state index contributed by atoms with van der Waals surface area (Å²) in [6.45, 7) is 4.79. The van der Waals surface area contributed by atoms with E-state index >= 15 is 0 Å². The Hall–Kier alpha value is -6.38. The fourth-order valence-electron chi connectivity index (χ4n) is 8.51. The minimum absolute atomic E-state index is 0.224. The molecule has 1 aliphatic rings. The number of benzene rings is 8. The number of rotatable bonds is 5. The van der Waals surface area contributed by atoms with E-state index in [2.05, 4.69) is 205 Å². The molecule has 0 radical (unpaired) electrons. The highest BCUT2D eigenvalue weighted by Crippen LogP contribution is 2.55. The van der Waals surface area contributed by atoms with Gasteiger partial charge in [0, 0.05) is 38.6 Å². The van der Waals surface area contributed by atoms with Gasteiger partial charge >= 0.3 is 0 Å². The molecule has 0 saturated carbocycles. The Balaban J connectivity index is 1.17. The summed E-state index contributed by atoms with van der Waals surface area (Å²) in [6, 6.07) is 66.5. The Morgan fingerprint density at radius 1 is 0.431 bits per heavy atom. The zero-order valence-electron chi connectivity index (χ0n) is 28.7. The van der Waals surface area contributed by atoms with E-state index in [1.165, 1.54) is 77.3 Å². The topological polar surface area (TPSA) is 8.17 Å². The second-order valence-corrected chi connectivity index (χ2v) is 14.2. The van der Waals surface area contributed by atoms with E-state index in [1.54, 1.807) is 0 Å². The summed E-state index contributed by atoms with van der Waals surface area (Å²) >= 11 is 0. The minimum Gasteiger partial charge on any atom is -0.310 e. The van der Waals surface area contributed by atoms with Gasteiger partial charge in [0.2, 0.25) is 0 Å². The Morgan fingerprint density at radius 3 is 1.63 bits per heavy atom. The maximum absolute atomic E-state index is 2.47. The summed E-state index contributed by atoms with van der Waals surface area (Å²) in [7, 11) is 0. The minimum atomic E-state index is -0.224. The first-order valence-corrected chi connectivity index (χ1v) is 17.8. The van der Waals surface area contributed by atoms with Crippen LogP contribution >= 0.6 is 0 Å². The van der Waals surface area contributed by atoms with Crippen molar-refractivity contribution in [2.24, 2.45) is 0 Å². The number of hydrogen-bond donors (Lipinski definition) is 0. The van der Waals surface area contributed by atoms with Gasteiger partial charge in [0.15, 0.2) is 0 Å². The average Bonchev–Trinajstić information content (AvgIpc) is 3.64. The van der Waals surface area contributed by atoms with Crippen LogP contribution in [0.1, 0.15) is 25.0 Å². The Kier molecular flexibility index (Phi) is 6.56. The lowest BCUT2D eigenvalue weighted by molar-refractivity contribution is 0.660. The van der Waals surface area contributed by atoms with Crippen molar-refractivity contribution >= 4 is 49.6 Å². The van der Waals surface area contributed by atoms with E-state index in [1.807, 2.05) is 0 Å². The molecule has 1 heterocycles. The quantitative estimate of drug-likeness (QED) is 0.180. The van der Waals surface area contributed by atoms with E-state index in [0.717, 1.165) is 11.4 Å². The lowest BCUT2D eigenvalue weighted by atomic mass is 9.81. The molecule has 0 spiro atoms. The van der Waals surface area contributed by atoms with Gasteiger partial charge in [0.25, 0.3) is 0 Å². The van der Waals surface area contributed by atoms with E-state index < -0.39 is 0 Å². The molecule has 1 aliphatic carbocycles. The van der Waals surface area contributed by atoms with Crippen LogP contribution in [-0.2, 0) is 5.41 Å². The molecule has 51 heavy (non-hydrogen) atoms. The molecule has 242 valence electrons. The van der Waals surface area contributed by atoms with Gasteiger partial charge in [-0.25, -0.2) is 0 Å². The van der Waals surface area contributed by atoms with Crippen LogP contribution in [0.15, 0.2) is 182 Å². The Bertz CT molecular complexity index is 2700. The average molecular weight is 653 g/mol. The first-order chi connectivity index (χ1) is 25.1. The predicted octanol–water partition coefficient (Wildman–Crippen LogP) is 13.4. The van der Waals surface area contributed by atoms with Gasteiger partial charge in [-0.1, -0.05) is 141 Å². The van der Waals surface area contributed by atoms with Crippen LogP contribution < -0.4 is 4.90 Å². The third-order valence-corrected chi connectivity index (χ3v) is 11.0. The number of nitrogens with zero attached hydrogens (tertiary/aromatic N) is 2. The number of anilines is 3. The maximum atomic E-state index is 2.47. The van der Waals surface area contributed by atoms with Crippen LogP contribution in [0.5, 0.6) is 0 Å². The highest BCUT2D eigenvalue weighted by molar-refractivity contribution is 6.11. The van der Waals surface area contributed by atoms with Crippen molar-refractivity contribution in [3.05, 3.63) is 193 Å². The van der Waals surface area contributed by atoms with Crippen LogP contribution in [-0.4, -0.2) is 4.57 Å². The SMILES string of the molecule is CC1(C)c2cc(-n3c4ccccc4c4ccccc43)ccc2-c2c1cc(N(c1ccccc1)c1ccc(-c3ccccc3)cc1)c1ccccc21. The molecule has 8 aromatic carbocycles. The summed E-state index contributed by atoms with van der Waals surface area (Å²) in [6.07, 6.45) is 0. The van der Waals surface area contributed by atoms with Gasteiger partial charge in [-0.3, -0.25) is 0 Å². The molecule has 9 aromatic rings. The molecule has 10 rings (SSSR count). The summed E-state index contributed by atoms with van der Waals surface area (Å²) in [5.41, 5.74) is 14.7. The van der Waals surface area contributed by atoms with Crippen molar-refractivity contribution in [3.63, 3.8) is 0 Å². The molecule has 0 fully saturated rings. The van der Waals surface area contributed by atoms with Crippen molar-refractivity contribution < 1.29 is 0 Å². The van der Waals surface area contributed by atoms with E-state index in [-0.39, 0.29) is 5.41 Å². The molecule has 1 aromatic heterocycles. The summed E-state index contributed by atoms with van der Waals surface area (Å²) < 4.78 is 2.43. The molecule has 2 heteroatoms. The molecule has 0 N–H and O–H groups in total. The molecule has 0 atom stereocenters. The van der Waals surface area contributed by atoms with E-state index in [0.29, 0.717) is 0 Å². The highest BCUT2D eigenvalue weighted by Gasteiger charge is 2.38. The van der Waals surface area contributed by atoms with Gasteiger partial charge in [-0.05, 0) is 93.4 Å². The van der Waals surface area contributed by atoms with Crippen LogP contribution in [0.4, 0.5) is 17.1 Å². The van der Waals surface area contributed by atoms with Crippen molar-refractivity contribution in [3.8, 4) is 27.9 Å². The fourth-order valence-corrected chi connectivity index (χ4v) is 8.51. The lowest BCUT2D eigenvalue weighted by Crippen LogP contribution is -2.17. The van der Waals surface area contributed by atoms with Gasteiger partial charge in [0.1, 0.15) is 0 Å². The molecule has 0 aliphatic heterocycles. The van der Waals surface area contributed by atoms with Crippen LogP contribution in [0.25, 0.3) is 60.5 Å². The van der Waals surface area contributed by atoms with Gasteiger partial charge in [-0.2, -0.15) is 0 Å². The molecule has 0 saturated heterocycles. The van der Waals surface area contributed by atoms with Crippen molar-refractivity contribution in [2.45, 2.75) is 19.3 Å². The third kappa shape index (κ3) is 4.50. The number of hydrogen-bond acceptors (Lipinski definition) is 1. The monoisotopic (exact) mass is 652 g/mol.